The Balaban J connectivity index is 1.86. The number of unbranched alkanes of at least 4 members (excludes halogenated alkanes) is 5. The highest BCUT2D eigenvalue weighted by Crippen LogP contribution is 2.15. The van der Waals surface area contributed by atoms with Gasteiger partial charge in [0.1, 0.15) is 13.1 Å². The molecule has 0 spiro atoms. The van der Waals surface area contributed by atoms with Crippen LogP contribution >= 0.6 is 0 Å². The van der Waals surface area contributed by atoms with Crippen LogP contribution in [0.3, 0.4) is 0 Å². The zero-order valence-corrected chi connectivity index (χ0v) is 14.9. The first-order valence-corrected chi connectivity index (χ1v) is 9.32. The number of rotatable bonds is 10. The fraction of sp³-hybridized carbons (Fsp3) is 0.524. The maximum atomic E-state index is 2.31. The summed E-state index contributed by atoms with van der Waals surface area (Å²) in [4.78, 5) is 0. The van der Waals surface area contributed by atoms with Crippen molar-refractivity contribution < 1.29 is 9.13 Å². The SMILES string of the molecule is CCCCCCC[n+]1ccc(-c2cc[n+](CCCC)cc2)cc1. The van der Waals surface area contributed by atoms with Gasteiger partial charge in [0.2, 0.25) is 0 Å². The Hall–Kier alpha value is -1.70. The second-order valence-corrected chi connectivity index (χ2v) is 6.42. The van der Waals surface area contributed by atoms with Gasteiger partial charge in [0, 0.05) is 37.1 Å². The predicted octanol–water partition coefficient (Wildman–Crippen LogP) is 4.70. The van der Waals surface area contributed by atoms with Gasteiger partial charge in [0.25, 0.3) is 0 Å². The van der Waals surface area contributed by atoms with Crippen LogP contribution in [0.1, 0.15) is 58.8 Å². The molecule has 2 aromatic heterocycles. The minimum absolute atomic E-state index is 1.11. The van der Waals surface area contributed by atoms with Crippen molar-refractivity contribution in [1.82, 2.24) is 0 Å². The highest BCUT2D eigenvalue weighted by atomic mass is 14.9. The molecule has 0 atom stereocenters. The van der Waals surface area contributed by atoms with Crippen molar-refractivity contribution in [3.8, 4) is 11.1 Å². The van der Waals surface area contributed by atoms with E-state index in [9.17, 15) is 0 Å². The Morgan fingerprint density at radius 3 is 1.48 bits per heavy atom. The van der Waals surface area contributed by atoms with Crippen LogP contribution in [0, 0.1) is 0 Å². The first-order chi connectivity index (χ1) is 11.3. The van der Waals surface area contributed by atoms with Crippen molar-refractivity contribution in [2.45, 2.75) is 71.9 Å². The summed E-state index contributed by atoms with van der Waals surface area (Å²) >= 11 is 0. The van der Waals surface area contributed by atoms with Crippen molar-refractivity contribution in [3.05, 3.63) is 49.1 Å². The zero-order valence-electron chi connectivity index (χ0n) is 14.9. The lowest BCUT2D eigenvalue weighted by molar-refractivity contribution is -0.697. The molecule has 0 bridgehead atoms. The maximum Gasteiger partial charge on any atom is 0.169 e. The lowest BCUT2D eigenvalue weighted by Crippen LogP contribution is -2.32. The second kappa shape index (κ2) is 10.1. The van der Waals surface area contributed by atoms with E-state index < -0.39 is 0 Å². The third-order valence-corrected chi connectivity index (χ3v) is 4.41. The Labute approximate surface area is 141 Å². The van der Waals surface area contributed by atoms with E-state index in [1.54, 1.807) is 0 Å². The van der Waals surface area contributed by atoms with Crippen molar-refractivity contribution in [3.63, 3.8) is 0 Å². The van der Waals surface area contributed by atoms with Gasteiger partial charge in [-0.05, 0) is 17.5 Å². The van der Waals surface area contributed by atoms with Crippen LogP contribution in [0.4, 0.5) is 0 Å². The van der Waals surface area contributed by atoms with E-state index in [0.29, 0.717) is 0 Å². The highest BCUT2D eigenvalue weighted by Gasteiger charge is 2.05. The number of aromatic nitrogens is 2. The first-order valence-electron chi connectivity index (χ1n) is 9.32. The molecule has 2 heterocycles. The lowest BCUT2D eigenvalue weighted by Gasteiger charge is -2.02. The molecule has 23 heavy (non-hydrogen) atoms. The Morgan fingerprint density at radius 1 is 0.565 bits per heavy atom. The molecule has 2 nitrogen and oxygen atoms in total. The largest absolute Gasteiger partial charge is 0.205 e. The number of hydrogen-bond acceptors (Lipinski definition) is 0. The highest BCUT2D eigenvalue weighted by molar-refractivity contribution is 5.60. The van der Waals surface area contributed by atoms with Gasteiger partial charge in [0.15, 0.2) is 24.8 Å². The molecule has 0 saturated carbocycles. The lowest BCUT2D eigenvalue weighted by atomic mass is 10.1. The van der Waals surface area contributed by atoms with Crippen molar-refractivity contribution >= 4 is 0 Å². The van der Waals surface area contributed by atoms with Crippen LogP contribution in [-0.2, 0) is 13.1 Å². The quantitative estimate of drug-likeness (QED) is 0.444. The first kappa shape index (κ1) is 17.7. The fourth-order valence-corrected chi connectivity index (χ4v) is 2.84. The van der Waals surface area contributed by atoms with Crippen LogP contribution in [-0.4, -0.2) is 0 Å². The summed E-state index contributed by atoms with van der Waals surface area (Å²) in [5.41, 5.74) is 2.60. The van der Waals surface area contributed by atoms with Gasteiger partial charge in [-0.25, -0.2) is 9.13 Å². The Bertz CT molecular complexity index is 543. The normalized spacial score (nSPS) is 10.9. The minimum atomic E-state index is 1.11. The van der Waals surface area contributed by atoms with Crippen molar-refractivity contribution in [2.24, 2.45) is 0 Å². The molecule has 2 rings (SSSR count). The number of hydrogen-bond donors (Lipinski definition) is 0. The number of pyridine rings is 2. The molecule has 0 amide bonds. The number of aryl methyl sites for hydroxylation is 2. The predicted molar refractivity (Wildman–Crippen MR) is 95.9 cm³/mol. The monoisotopic (exact) mass is 312 g/mol. The molecule has 0 aliphatic rings. The van der Waals surface area contributed by atoms with Crippen LogP contribution in [0.5, 0.6) is 0 Å². The van der Waals surface area contributed by atoms with E-state index in [0.717, 1.165) is 13.1 Å². The van der Waals surface area contributed by atoms with Crippen molar-refractivity contribution in [2.75, 3.05) is 0 Å². The summed E-state index contributed by atoms with van der Waals surface area (Å²) in [6.45, 7) is 6.75. The summed E-state index contributed by atoms with van der Waals surface area (Å²) in [7, 11) is 0. The van der Waals surface area contributed by atoms with Crippen molar-refractivity contribution in [1.29, 1.82) is 0 Å². The molecule has 0 aromatic carbocycles. The third-order valence-electron chi connectivity index (χ3n) is 4.41. The number of nitrogens with zero attached hydrogens (tertiary/aromatic N) is 2. The summed E-state index contributed by atoms with van der Waals surface area (Å²) in [6.07, 6.45) is 18.0. The fourth-order valence-electron chi connectivity index (χ4n) is 2.84. The van der Waals surface area contributed by atoms with Crippen LogP contribution < -0.4 is 9.13 Å². The van der Waals surface area contributed by atoms with E-state index in [2.05, 4.69) is 72.0 Å². The molecule has 0 radical (unpaired) electrons. The van der Waals surface area contributed by atoms with E-state index in [-0.39, 0.29) is 0 Å². The molecule has 0 unspecified atom stereocenters. The topological polar surface area (TPSA) is 7.76 Å². The molecule has 0 fully saturated rings. The van der Waals surface area contributed by atoms with Crippen LogP contribution in [0.15, 0.2) is 49.1 Å². The van der Waals surface area contributed by atoms with E-state index in [4.69, 9.17) is 0 Å². The minimum Gasteiger partial charge on any atom is -0.205 e. The van der Waals surface area contributed by atoms with E-state index >= 15 is 0 Å². The van der Waals surface area contributed by atoms with Gasteiger partial charge < -0.3 is 0 Å². The average molecular weight is 313 g/mol. The molecule has 0 aliphatic heterocycles. The molecular formula is C21H32N2+2. The zero-order chi connectivity index (χ0) is 16.3. The maximum absolute atomic E-state index is 2.31. The molecule has 0 N–H and O–H groups in total. The van der Waals surface area contributed by atoms with Gasteiger partial charge in [-0.3, -0.25) is 0 Å². The van der Waals surface area contributed by atoms with Gasteiger partial charge >= 0.3 is 0 Å². The average Bonchev–Trinajstić information content (AvgIpc) is 2.61. The summed E-state index contributed by atoms with van der Waals surface area (Å²) < 4.78 is 4.58. The molecular weight excluding hydrogens is 280 g/mol. The van der Waals surface area contributed by atoms with Gasteiger partial charge in [-0.15, -0.1) is 0 Å². The molecule has 0 saturated heterocycles. The van der Waals surface area contributed by atoms with E-state index in [1.807, 2.05) is 0 Å². The third kappa shape index (κ3) is 6.13. The smallest absolute Gasteiger partial charge is 0.169 e. The second-order valence-electron chi connectivity index (χ2n) is 6.42. The Morgan fingerprint density at radius 2 is 1.00 bits per heavy atom. The van der Waals surface area contributed by atoms with Crippen LogP contribution in [0.25, 0.3) is 11.1 Å². The van der Waals surface area contributed by atoms with Crippen LogP contribution in [0.2, 0.25) is 0 Å². The van der Waals surface area contributed by atoms with Gasteiger partial charge in [0.05, 0.1) is 0 Å². The molecule has 0 aliphatic carbocycles. The molecule has 2 heteroatoms. The van der Waals surface area contributed by atoms with Gasteiger partial charge in [-0.2, -0.15) is 0 Å². The standard InChI is InChI=1S/C21H32N2/c1-3-5-7-8-9-15-23-18-12-21(13-19-23)20-10-16-22(17-11-20)14-6-4-2/h10-13,16-19H,3-9,14-15H2,1-2H3/q+2. The molecule has 124 valence electrons. The summed E-state index contributed by atoms with van der Waals surface area (Å²) in [5.74, 6) is 0. The molecule has 2 aromatic rings. The van der Waals surface area contributed by atoms with Gasteiger partial charge in [-0.1, -0.05) is 39.5 Å². The Kier molecular flexibility index (Phi) is 7.79. The summed E-state index contributed by atoms with van der Waals surface area (Å²) in [6, 6.07) is 8.91. The summed E-state index contributed by atoms with van der Waals surface area (Å²) in [5, 5.41) is 0. The van der Waals surface area contributed by atoms with E-state index in [1.165, 1.54) is 56.1 Å².